The summed E-state index contributed by atoms with van der Waals surface area (Å²) in [6.07, 6.45) is 1.21. The van der Waals surface area contributed by atoms with Gasteiger partial charge in [0, 0.05) is 23.8 Å². The van der Waals surface area contributed by atoms with E-state index in [-0.39, 0.29) is 0 Å². The molecule has 0 saturated carbocycles. The molecule has 0 aliphatic heterocycles. The van der Waals surface area contributed by atoms with E-state index in [2.05, 4.69) is 25.8 Å². The molecule has 1 rings (SSSR count). The maximum absolute atomic E-state index is 5.92. The first-order valence-corrected chi connectivity index (χ1v) is 6.13. The summed E-state index contributed by atoms with van der Waals surface area (Å²) in [5.41, 5.74) is 7.85. The lowest BCUT2D eigenvalue weighted by Crippen LogP contribution is -2.24. The van der Waals surface area contributed by atoms with Crippen LogP contribution in [0.15, 0.2) is 18.2 Å². The molecule has 0 aliphatic carbocycles. The van der Waals surface area contributed by atoms with E-state index < -0.39 is 0 Å². The summed E-state index contributed by atoms with van der Waals surface area (Å²) < 4.78 is 0. The largest absolute Gasteiger partial charge is 0.398 e. The Kier molecular flexibility index (Phi) is 5.10. The summed E-state index contributed by atoms with van der Waals surface area (Å²) in [7, 11) is 2.13. The molecule has 2 nitrogen and oxygen atoms in total. The van der Waals surface area contributed by atoms with E-state index >= 15 is 0 Å². The minimum atomic E-state index is 0.700. The molecule has 2 N–H and O–H groups in total. The van der Waals surface area contributed by atoms with Gasteiger partial charge in [0.05, 0.1) is 0 Å². The minimum absolute atomic E-state index is 0.700. The van der Waals surface area contributed by atoms with Crippen LogP contribution in [0.25, 0.3) is 0 Å². The lowest BCUT2D eigenvalue weighted by molar-refractivity contribution is 0.275. The lowest BCUT2D eigenvalue weighted by Gasteiger charge is -2.21. The Bertz CT molecular complexity index is 339. The number of rotatable bonds is 5. The molecule has 0 bridgehead atoms. The molecule has 3 heteroatoms. The highest BCUT2D eigenvalue weighted by Crippen LogP contribution is 2.19. The number of anilines is 1. The summed E-state index contributed by atoms with van der Waals surface area (Å²) >= 11 is 5.87. The van der Waals surface area contributed by atoms with Gasteiger partial charge in [-0.1, -0.05) is 37.9 Å². The van der Waals surface area contributed by atoms with Crippen molar-refractivity contribution in [3.8, 4) is 0 Å². The molecule has 0 aliphatic rings. The molecular weight excluding hydrogens is 220 g/mol. The van der Waals surface area contributed by atoms with E-state index in [1.54, 1.807) is 0 Å². The Morgan fingerprint density at radius 2 is 2.12 bits per heavy atom. The fourth-order valence-electron chi connectivity index (χ4n) is 1.73. The van der Waals surface area contributed by atoms with E-state index in [9.17, 15) is 0 Å². The van der Waals surface area contributed by atoms with Crippen molar-refractivity contribution in [1.29, 1.82) is 0 Å². The van der Waals surface area contributed by atoms with Crippen LogP contribution in [-0.4, -0.2) is 18.5 Å². The fourth-order valence-corrected chi connectivity index (χ4v) is 1.91. The molecule has 1 aromatic carbocycles. The second-order valence-corrected chi connectivity index (χ2v) is 4.99. The minimum Gasteiger partial charge on any atom is -0.398 e. The van der Waals surface area contributed by atoms with Crippen molar-refractivity contribution >= 4 is 17.3 Å². The third-order valence-electron chi connectivity index (χ3n) is 2.87. The van der Waals surface area contributed by atoms with Gasteiger partial charge in [-0.25, -0.2) is 0 Å². The van der Waals surface area contributed by atoms with Gasteiger partial charge in [0.25, 0.3) is 0 Å². The van der Waals surface area contributed by atoms with E-state index in [0.717, 1.165) is 30.3 Å². The molecular formula is C13H21ClN2. The standard InChI is InChI=1S/C13H21ClN2/c1-4-10(2)8-16(3)9-11-5-6-12(14)7-13(11)15/h5-7,10H,4,8-9,15H2,1-3H3. The molecule has 90 valence electrons. The second-order valence-electron chi connectivity index (χ2n) is 4.55. The van der Waals surface area contributed by atoms with Crippen molar-refractivity contribution in [3.05, 3.63) is 28.8 Å². The van der Waals surface area contributed by atoms with Crippen molar-refractivity contribution in [3.63, 3.8) is 0 Å². The number of nitrogens with zero attached hydrogens (tertiary/aromatic N) is 1. The fraction of sp³-hybridized carbons (Fsp3) is 0.538. The van der Waals surface area contributed by atoms with E-state index in [4.69, 9.17) is 17.3 Å². The summed E-state index contributed by atoms with van der Waals surface area (Å²) in [5, 5.41) is 0.700. The first-order chi connectivity index (χ1) is 7.52. The highest BCUT2D eigenvalue weighted by molar-refractivity contribution is 6.30. The molecule has 0 aromatic heterocycles. The van der Waals surface area contributed by atoms with E-state index in [1.807, 2.05) is 18.2 Å². The number of benzene rings is 1. The topological polar surface area (TPSA) is 29.3 Å². The molecule has 0 radical (unpaired) electrons. The van der Waals surface area contributed by atoms with Crippen LogP contribution in [0, 0.1) is 5.92 Å². The van der Waals surface area contributed by atoms with Crippen molar-refractivity contribution in [2.24, 2.45) is 5.92 Å². The Morgan fingerprint density at radius 3 is 2.69 bits per heavy atom. The highest BCUT2D eigenvalue weighted by atomic mass is 35.5. The van der Waals surface area contributed by atoms with Crippen LogP contribution < -0.4 is 5.73 Å². The van der Waals surface area contributed by atoms with Gasteiger partial charge in [0.1, 0.15) is 0 Å². The van der Waals surface area contributed by atoms with Crippen molar-refractivity contribution in [2.45, 2.75) is 26.8 Å². The summed E-state index contributed by atoms with van der Waals surface area (Å²) in [6, 6.07) is 5.71. The Morgan fingerprint density at radius 1 is 1.44 bits per heavy atom. The number of hydrogen-bond acceptors (Lipinski definition) is 2. The van der Waals surface area contributed by atoms with Crippen molar-refractivity contribution in [1.82, 2.24) is 4.90 Å². The van der Waals surface area contributed by atoms with Gasteiger partial charge in [0.15, 0.2) is 0 Å². The molecule has 16 heavy (non-hydrogen) atoms. The molecule has 0 fully saturated rings. The van der Waals surface area contributed by atoms with Gasteiger partial charge in [-0.05, 0) is 30.7 Å². The lowest BCUT2D eigenvalue weighted by atomic mass is 10.1. The summed E-state index contributed by atoms with van der Waals surface area (Å²) in [5.74, 6) is 0.721. The van der Waals surface area contributed by atoms with Crippen LogP contribution in [0.5, 0.6) is 0 Å². The monoisotopic (exact) mass is 240 g/mol. The first-order valence-electron chi connectivity index (χ1n) is 5.75. The maximum atomic E-state index is 5.92. The molecule has 0 heterocycles. The number of nitrogen functional groups attached to an aromatic ring is 1. The normalized spacial score (nSPS) is 13.1. The summed E-state index contributed by atoms with van der Waals surface area (Å²) in [6.45, 7) is 6.46. The molecule has 1 unspecified atom stereocenters. The molecule has 1 atom stereocenters. The van der Waals surface area contributed by atoms with E-state index in [0.29, 0.717) is 5.02 Å². The van der Waals surface area contributed by atoms with Crippen LogP contribution in [0.3, 0.4) is 0 Å². The van der Waals surface area contributed by atoms with Gasteiger partial charge in [-0.2, -0.15) is 0 Å². The number of halogens is 1. The van der Waals surface area contributed by atoms with Crippen molar-refractivity contribution < 1.29 is 0 Å². The van der Waals surface area contributed by atoms with Crippen molar-refractivity contribution in [2.75, 3.05) is 19.3 Å². The number of hydrogen-bond donors (Lipinski definition) is 1. The Balaban J connectivity index is 2.59. The van der Waals surface area contributed by atoms with E-state index in [1.165, 1.54) is 6.42 Å². The predicted molar refractivity (Wildman–Crippen MR) is 71.7 cm³/mol. The van der Waals surface area contributed by atoms with Crippen LogP contribution >= 0.6 is 11.6 Å². The SMILES string of the molecule is CCC(C)CN(C)Cc1ccc(Cl)cc1N. The predicted octanol–water partition coefficient (Wildman–Crippen LogP) is 3.40. The third-order valence-corrected chi connectivity index (χ3v) is 3.10. The Hall–Kier alpha value is -0.730. The maximum Gasteiger partial charge on any atom is 0.0426 e. The average molecular weight is 241 g/mol. The highest BCUT2D eigenvalue weighted by Gasteiger charge is 2.07. The van der Waals surface area contributed by atoms with Crippen LogP contribution in [0.2, 0.25) is 5.02 Å². The van der Waals surface area contributed by atoms with Crippen LogP contribution in [0.4, 0.5) is 5.69 Å². The molecule has 0 amide bonds. The van der Waals surface area contributed by atoms with Gasteiger partial charge in [0.2, 0.25) is 0 Å². The van der Waals surface area contributed by atoms with Crippen LogP contribution in [0.1, 0.15) is 25.8 Å². The first kappa shape index (κ1) is 13.3. The average Bonchev–Trinajstić information content (AvgIpc) is 2.22. The smallest absolute Gasteiger partial charge is 0.0426 e. The van der Waals surface area contributed by atoms with Gasteiger partial charge >= 0.3 is 0 Å². The Labute approximate surface area is 103 Å². The van der Waals surface area contributed by atoms with Gasteiger partial charge in [-0.15, -0.1) is 0 Å². The zero-order valence-electron chi connectivity index (χ0n) is 10.3. The zero-order chi connectivity index (χ0) is 12.1. The third kappa shape index (κ3) is 4.03. The van der Waals surface area contributed by atoms with Crippen LogP contribution in [-0.2, 0) is 6.54 Å². The van der Waals surface area contributed by atoms with Gasteiger partial charge in [-0.3, -0.25) is 0 Å². The quantitative estimate of drug-likeness (QED) is 0.800. The van der Waals surface area contributed by atoms with Gasteiger partial charge < -0.3 is 10.6 Å². The molecule has 0 spiro atoms. The summed E-state index contributed by atoms with van der Waals surface area (Å²) in [4.78, 5) is 2.30. The zero-order valence-corrected chi connectivity index (χ0v) is 11.1. The second kappa shape index (κ2) is 6.12. The molecule has 1 aromatic rings. The molecule has 0 saturated heterocycles. The number of nitrogens with two attached hydrogens (primary N) is 1.